The molecule has 0 aliphatic rings. The van der Waals surface area contributed by atoms with Crippen LogP contribution in [0.15, 0.2) is 48.7 Å². The molecule has 0 radical (unpaired) electrons. The molecule has 2 rings (SSSR count). The summed E-state index contributed by atoms with van der Waals surface area (Å²) in [6.07, 6.45) is 6.45. The van der Waals surface area contributed by atoms with Gasteiger partial charge in [-0.25, -0.2) is 0 Å². The van der Waals surface area contributed by atoms with Crippen LogP contribution in [-0.4, -0.2) is 4.57 Å². The van der Waals surface area contributed by atoms with Crippen molar-refractivity contribution in [1.29, 1.82) is 0 Å². The third-order valence-electron chi connectivity index (χ3n) is 2.54. The van der Waals surface area contributed by atoms with E-state index in [2.05, 4.69) is 67.1 Å². The van der Waals surface area contributed by atoms with Crippen molar-refractivity contribution < 1.29 is 0 Å². The highest BCUT2D eigenvalue weighted by Gasteiger charge is 2.03. The Morgan fingerprint density at radius 2 is 2.00 bits per heavy atom. The minimum Gasteiger partial charge on any atom is -0.341 e. The molecule has 0 aliphatic carbocycles. The molecule has 0 bridgehead atoms. The summed E-state index contributed by atoms with van der Waals surface area (Å²) in [5.74, 6) is 0. The Morgan fingerprint density at radius 3 is 2.79 bits per heavy atom. The van der Waals surface area contributed by atoms with Crippen LogP contribution in [0.5, 0.6) is 0 Å². The molecule has 2 aromatic rings. The van der Waals surface area contributed by atoms with Crippen molar-refractivity contribution in [2.45, 2.75) is 19.9 Å². The minimum atomic E-state index is 0.430. The molecule has 1 aromatic carbocycles. The lowest BCUT2D eigenvalue weighted by Gasteiger charge is -2.10. The third kappa shape index (κ3) is 1.46. The van der Waals surface area contributed by atoms with Gasteiger partial charge in [0.25, 0.3) is 0 Å². The Kier molecular flexibility index (Phi) is 2.40. The van der Waals surface area contributed by atoms with Crippen LogP contribution in [-0.2, 0) is 0 Å². The Hall–Kier alpha value is -1.50. The van der Waals surface area contributed by atoms with Crippen molar-refractivity contribution in [1.82, 2.24) is 4.57 Å². The average molecular weight is 185 g/mol. The summed E-state index contributed by atoms with van der Waals surface area (Å²) < 4.78 is 2.29. The molecule has 1 atom stereocenters. The van der Waals surface area contributed by atoms with E-state index in [1.54, 1.807) is 0 Å². The minimum absolute atomic E-state index is 0.430. The number of para-hydroxylation sites is 1. The van der Waals surface area contributed by atoms with Crippen molar-refractivity contribution in [2.24, 2.45) is 0 Å². The molecule has 14 heavy (non-hydrogen) atoms. The van der Waals surface area contributed by atoms with E-state index in [1.807, 2.05) is 0 Å². The molecular formula is C13H15N. The van der Waals surface area contributed by atoms with Gasteiger partial charge in [-0.15, -0.1) is 0 Å². The molecule has 72 valence electrons. The standard InChI is InChI=1S/C13H15N/c1-3-6-11(2)14-10-9-12-7-4-5-8-13(12)14/h3-11H,1-2H3/b6-3+. The van der Waals surface area contributed by atoms with E-state index in [0.717, 1.165) is 0 Å². The smallest absolute Gasteiger partial charge is 0.0488 e. The van der Waals surface area contributed by atoms with E-state index in [1.165, 1.54) is 10.9 Å². The fraction of sp³-hybridized carbons (Fsp3) is 0.231. The van der Waals surface area contributed by atoms with Gasteiger partial charge in [0.05, 0.1) is 0 Å². The highest BCUT2D eigenvalue weighted by atomic mass is 15.0. The number of hydrogen-bond donors (Lipinski definition) is 0. The molecule has 0 N–H and O–H groups in total. The van der Waals surface area contributed by atoms with Gasteiger partial charge < -0.3 is 4.57 Å². The van der Waals surface area contributed by atoms with Crippen LogP contribution in [0, 0.1) is 0 Å². The van der Waals surface area contributed by atoms with E-state index in [-0.39, 0.29) is 0 Å². The van der Waals surface area contributed by atoms with Crippen molar-refractivity contribution >= 4 is 10.9 Å². The molecule has 0 fully saturated rings. The maximum absolute atomic E-state index is 2.29. The lowest BCUT2D eigenvalue weighted by Crippen LogP contribution is -1.99. The first-order valence-electron chi connectivity index (χ1n) is 5.01. The van der Waals surface area contributed by atoms with E-state index >= 15 is 0 Å². The van der Waals surface area contributed by atoms with Gasteiger partial charge in [-0.3, -0.25) is 0 Å². The lowest BCUT2D eigenvalue weighted by atomic mass is 10.2. The van der Waals surface area contributed by atoms with Crippen molar-refractivity contribution in [3.05, 3.63) is 48.7 Å². The van der Waals surface area contributed by atoms with Crippen LogP contribution < -0.4 is 0 Å². The highest BCUT2D eigenvalue weighted by Crippen LogP contribution is 2.20. The van der Waals surface area contributed by atoms with E-state index in [4.69, 9.17) is 0 Å². The second-order valence-corrected chi connectivity index (χ2v) is 3.55. The fourth-order valence-corrected chi connectivity index (χ4v) is 1.83. The second kappa shape index (κ2) is 3.70. The zero-order chi connectivity index (χ0) is 9.97. The summed E-state index contributed by atoms with van der Waals surface area (Å²) in [6, 6.07) is 11.1. The largest absolute Gasteiger partial charge is 0.341 e. The van der Waals surface area contributed by atoms with Crippen molar-refractivity contribution in [2.75, 3.05) is 0 Å². The zero-order valence-corrected chi connectivity index (χ0v) is 8.64. The predicted molar refractivity (Wildman–Crippen MR) is 61.5 cm³/mol. The Morgan fingerprint density at radius 1 is 1.21 bits per heavy atom. The molecule has 1 aromatic heterocycles. The van der Waals surface area contributed by atoms with Crippen LogP contribution in [0.25, 0.3) is 10.9 Å². The van der Waals surface area contributed by atoms with Crippen LogP contribution in [0.4, 0.5) is 0 Å². The number of hydrogen-bond acceptors (Lipinski definition) is 0. The van der Waals surface area contributed by atoms with Gasteiger partial charge in [0.15, 0.2) is 0 Å². The second-order valence-electron chi connectivity index (χ2n) is 3.55. The maximum Gasteiger partial charge on any atom is 0.0488 e. The number of nitrogens with zero attached hydrogens (tertiary/aromatic N) is 1. The SMILES string of the molecule is C/C=C/C(C)n1ccc2ccccc21. The molecule has 0 saturated carbocycles. The summed E-state index contributed by atoms with van der Waals surface area (Å²) in [5, 5.41) is 1.31. The molecule has 1 nitrogen and oxygen atoms in total. The van der Waals surface area contributed by atoms with Crippen LogP contribution >= 0.6 is 0 Å². The first-order valence-corrected chi connectivity index (χ1v) is 5.01. The average Bonchev–Trinajstić information content (AvgIpc) is 2.61. The van der Waals surface area contributed by atoms with Crippen molar-refractivity contribution in [3.63, 3.8) is 0 Å². The molecule has 0 amide bonds. The summed E-state index contributed by atoms with van der Waals surface area (Å²) in [6.45, 7) is 4.26. The summed E-state index contributed by atoms with van der Waals surface area (Å²) >= 11 is 0. The molecule has 1 heteroatoms. The number of rotatable bonds is 2. The van der Waals surface area contributed by atoms with Crippen LogP contribution in [0.1, 0.15) is 19.9 Å². The first kappa shape index (κ1) is 9.07. The van der Waals surface area contributed by atoms with E-state index in [0.29, 0.717) is 6.04 Å². The summed E-state index contributed by atoms with van der Waals surface area (Å²) in [5.41, 5.74) is 1.30. The van der Waals surface area contributed by atoms with Gasteiger partial charge in [0.2, 0.25) is 0 Å². The Balaban J connectivity index is 2.52. The Bertz CT molecular complexity index is 451. The van der Waals surface area contributed by atoms with Crippen LogP contribution in [0.2, 0.25) is 0 Å². The third-order valence-corrected chi connectivity index (χ3v) is 2.54. The van der Waals surface area contributed by atoms with Gasteiger partial charge in [-0.1, -0.05) is 30.4 Å². The summed E-state index contributed by atoms with van der Waals surface area (Å²) in [7, 11) is 0. The van der Waals surface area contributed by atoms with Crippen molar-refractivity contribution in [3.8, 4) is 0 Å². The molecule has 0 aliphatic heterocycles. The number of fused-ring (bicyclic) bond motifs is 1. The normalized spacial score (nSPS) is 13.9. The fourth-order valence-electron chi connectivity index (χ4n) is 1.83. The number of benzene rings is 1. The number of allylic oxidation sites excluding steroid dienone is 2. The van der Waals surface area contributed by atoms with Crippen LogP contribution in [0.3, 0.4) is 0 Å². The molecular weight excluding hydrogens is 170 g/mol. The zero-order valence-electron chi connectivity index (χ0n) is 8.64. The lowest BCUT2D eigenvalue weighted by molar-refractivity contribution is 0.687. The quantitative estimate of drug-likeness (QED) is 0.627. The molecule has 0 saturated heterocycles. The van der Waals surface area contributed by atoms with E-state index in [9.17, 15) is 0 Å². The predicted octanol–water partition coefficient (Wildman–Crippen LogP) is 3.78. The molecule has 1 heterocycles. The highest BCUT2D eigenvalue weighted by molar-refractivity contribution is 5.80. The van der Waals surface area contributed by atoms with Gasteiger partial charge >= 0.3 is 0 Å². The first-order chi connectivity index (χ1) is 6.83. The van der Waals surface area contributed by atoms with Gasteiger partial charge in [0, 0.05) is 17.8 Å². The van der Waals surface area contributed by atoms with Gasteiger partial charge in [-0.05, 0) is 31.4 Å². The Labute approximate surface area is 84.7 Å². The molecule has 0 spiro atoms. The summed E-state index contributed by atoms with van der Waals surface area (Å²) in [4.78, 5) is 0. The molecule has 1 unspecified atom stereocenters. The maximum atomic E-state index is 2.29. The topological polar surface area (TPSA) is 4.93 Å². The monoisotopic (exact) mass is 185 g/mol. The van der Waals surface area contributed by atoms with Gasteiger partial charge in [0.1, 0.15) is 0 Å². The number of aromatic nitrogens is 1. The van der Waals surface area contributed by atoms with Gasteiger partial charge in [-0.2, -0.15) is 0 Å². The van der Waals surface area contributed by atoms with E-state index < -0.39 is 0 Å².